The minimum Gasteiger partial charge on any atom is -0.496 e. The number of aliphatic hydroxyl groups excluding tert-OH is 1. The van der Waals surface area contributed by atoms with Gasteiger partial charge in [0.25, 0.3) is 5.78 Å². The largest absolute Gasteiger partial charge is 0.496 e. The van der Waals surface area contributed by atoms with E-state index in [0.717, 1.165) is 53.0 Å². The zero-order chi connectivity index (χ0) is 18.1. The molecule has 2 N–H and O–H groups in total. The first kappa shape index (κ1) is 17.2. The normalized spacial score (nSPS) is 20.3. The van der Waals surface area contributed by atoms with Gasteiger partial charge in [0.15, 0.2) is 0 Å². The van der Waals surface area contributed by atoms with Gasteiger partial charge in [-0.1, -0.05) is 15.9 Å². The smallest absolute Gasteiger partial charge is 0.254 e. The molecule has 2 aromatic heterocycles. The Labute approximate surface area is 159 Å². The molecular formula is C18H20BrN5O2. The van der Waals surface area contributed by atoms with Crippen LogP contribution in [0.4, 0.5) is 5.82 Å². The van der Waals surface area contributed by atoms with Crippen LogP contribution in [-0.2, 0) is 0 Å². The number of nitrogens with zero attached hydrogens (tertiary/aromatic N) is 4. The number of methoxy groups -OCH3 is 1. The third kappa shape index (κ3) is 3.39. The lowest BCUT2D eigenvalue weighted by molar-refractivity contribution is 0.126. The van der Waals surface area contributed by atoms with Gasteiger partial charge in [0.2, 0.25) is 0 Å². The Hall–Kier alpha value is -2.19. The zero-order valence-electron chi connectivity index (χ0n) is 14.4. The summed E-state index contributed by atoms with van der Waals surface area (Å²) >= 11 is 3.51. The maximum Gasteiger partial charge on any atom is 0.254 e. The predicted molar refractivity (Wildman–Crippen MR) is 102 cm³/mol. The second kappa shape index (κ2) is 7.20. The van der Waals surface area contributed by atoms with Gasteiger partial charge in [0, 0.05) is 22.1 Å². The molecule has 0 aliphatic heterocycles. The molecular weight excluding hydrogens is 398 g/mol. The second-order valence-electron chi connectivity index (χ2n) is 6.49. The van der Waals surface area contributed by atoms with Gasteiger partial charge in [-0.05, 0) is 43.9 Å². The highest BCUT2D eigenvalue weighted by Crippen LogP contribution is 2.33. The number of fused-ring (bicyclic) bond motifs is 1. The Bertz CT molecular complexity index is 921. The minimum atomic E-state index is -0.182. The van der Waals surface area contributed by atoms with E-state index in [9.17, 15) is 5.11 Å². The highest BCUT2D eigenvalue weighted by atomic mass is 79.9. The van der Waals surface area contributed by atoms with Gasteiger partial charge in [-0.3, -0.25) is 0 Å². The van der Waals surface area contributed by atoms with E-state index in [1.54, 1.807) is 11.6 Å². The molecule has 1 aromatic carbocycles. The molecule has 1 fully saturated rings. The van der Waals surface area contributed by atoms with E-state index in [1.165, 1.54) is 6.33 Å². The summed E-state index contributed by atoms with van der Waals surface area (Å²) < 4.78 is 8.16. The van der Waals surface area contributed by atoms with Crippen molar-refractivity contribution in [1.29, 1.82) is 0 Å². The number of hydrogen-bond acceptors (Lipinski definition) is 6. The molecule has 1 aliphatic carbocycles. The Morgan fingerprint density at radius 1 is 1.23 bits per heavy atom. The quantitative estimate of drug-likeness (QED) is 0.677. The number of hydrogen-bond donors (Lipinski definition) is 2. The van der Waals surface area contributed by atoms with Gasteiger partial charge in [-0.15, -0.1) is 0 Å². The highest BCUT2D eigenvalue weighted by Gasteiger charge is 2.21. The Balaban J connectivity index is 1.74. The van der Waals surface area contributed by atoms with Gasteiger partial charge in [0.1, 0.15) is 17.9 Å². The van der Waals surface area contributed by atoms with E-state index in [2.05, 4.69) is 36.3 Å². The Kier molecular flexibility index (Phi) is 4.78. The van der Waals surface area contributed by atoms with Crippen molar-refractivity contribution >= 4 is 27.5 Å². The molecule has 0 amide bonds. The molecule has 4 rings (SSSR count). The standard InChI is InChI=1S/C18H20BrN5O2/c1-26-16-7-2-11(19)8-14(16)15-9-17(24-18(23-15)20-10-21-24)22-12-3-5-13(25)6-4-12/h2,7-10,12-13,22,25H,3-6H2,1H3/t12-,13-. The van der Waals surface area contributed by atoms with Crippen LogP contribution in [0.5, 0.6) is 5.75 Å². The van der Waals surface area contributed by atoms with Crippen LogP contribution in [0.1, 0.15) is 25.7 Å². The van der Waals surface area contributed by atoms with Gasteiger partial charge in [-0.2, -0.15) is 14.6 Å². The third-order valence-electron chi connectivity index (χ3n) is 4.74. The number of halogens is 1. The molecule has 0 unspecified atom stereocenters. The molecule has 0 radical (unpaired) electrons. The molecule has 0 atom stereocenters. The average molecular weight is 418 g/mol. The van der Waals surface area contributed by atoms with Crippen LogP contribution in [0.3, 0.4) is 0 Å². The molecule has 0 saturated heterocycles. The zero-order valence-corrected chi connectivity index (χ0v) is 16.0. The third-order valence-corrected chi connectivity index (χ3v) is 5.23. The summed E-state index contributed by atoms with van der Waals surface area (Å²) in [6, 6.07) is 8.09. The number of rotatable bonds is 4. The molecule has 0 bridgehead atoms. The summed E-state index contributed by atoms with van der Waals surface area (Å²) in [6.07, 6.45) is 4.80. The lowest BCUT2D eigenvalue weighted by Crippen LogP contribution is -2.29. The van der Waals surface area contributed by atoms with E-state index in [0.29, 0.717) is 11.8 Å². The highest BCUT2D eigenvalue weighted by molar-refractivity contribution is 9.10. The van der Waals surface area contributed by atoms with Crippen molar-refractivity contribution in [2.24, 2.45) is 0 Å². The summed E-state index contributed by atoms with van der Waals surface area (Å²) in [5.41, 5.74) is 1.65. The van der Waals surface area contributed by atoms with Crippen molar-refractivity contribution in [3.8, 4) is 17.0 Å². The number of aliphatic hydroxyl groups is 1. The van der Waals surface area contributed by atoms with Gasteiger partial charge < -0.3 is 15.2 Å². The van der Waals surface area contributed by atoms with Crippen LogP contribution in [0.2, 0.25) is 0 Å². The number of anilines is 1. The van der Waals surface area contributed by atoms with Gasteiger partial charge in [-0.25, -0.2) is 4.98 Å². The maximum absolute atomic E-state index is 9.72. The van der Waals surface area contributed by atoms with Crippen molar-refractivity contribution < 1.29 is 9.84 Å². The maximum atomic E-state index is 9.72. The summed E-state index contributed by atoms with van der Waals surface area (Å²) in [5, 5.41) is 17.6. The molecule has 26 heavy (non-hydrogen) atoms. The van der Waals surface area contributed by atoms with Crippen LogP contribution in [0.15, 0.2) is 35.1 Å². The first-order valence-electron chi connectivity index (χ1n) is 8.63. The lowest BCUT2D eigenvalue weighted by Gasteiger charge is -2.27. The average Bonchev–Trinajstić information content (AvgIpc) is 3.12. The summed E-state index contributed by atoms with van der Waals surface area (Å²) in [6.45, 7) is 0. The van der Waals surface area contributed by atoms with E-state index in [-0.39, 0.29) is 6.10 Å². The number of nitrogens with one attached hydrogen (secondary N) is 1. The van der Waals surface area contributed by atoms with Crippen molar-refractivity contribution in [2.75, 3.05) is 12.4 Å². The van der Waals surface area contributed by atoms with Crippen LogP contribution < -0.4 is 10.1 Å². The predicted octanol–water partition coefficient (Wildman–Crippen LogP) is 3.28. The summed E-state index contributed by atoms with van der Waals surface area (Å²) in [4.78, 5) is 8.89. The van der Waals surface area contributed by atoms with Crippen LogP contribution in [0, 0.1) is 0 Å². The summed E-state index contributed by atoms with van der Waals surface area (Å²) in [5.74, 6) is 2.12. The van der Waals surface area contributed by atoms with Gasteiger partial charge >= 0.3 is 0 Å². The van der Waals surface area contributed by atoms with Crippen molar-refractivity contribution in [1.82, 2.24) is 19.6 Å². The first-order valence-corrected chi connectivity index (χ1v) is 9.42. The summed E-state index contributed by atoms with van der Waals surface area (Å²) in [7, 11) is 1.65. The van der Waals surface area contributed by atoms with Crippen molar-refractivity contribution in [3.05, 3.63) is 35.1 Å². The monoisotopic (exact) mass is 417 g/mol. The fraction of sp³-hybridized carbons (Fsp3) is 0.389. The lowest BCUT2D eigenvalue weighted by atomic mass is 9.93. The Morgan fingerprint density at radius 2 is 2.04 bits per heavy atom. The SMILES string of the molecule is COc1ccc(Br)cc1-c1cc(N[C@H]2CC[C@H](O)CC2)n2ncnc2n1. The fourth-order valence-electron chi connectivity index (χ4n) is 3.36. The van der Waals surface area contributed by atoms with Crippen LogP contribution in [0.25, 0.3) is 17.0 Å². The van der Waals surface area contributed by atoms with E-state index < -0.39 is 0 Å². The van der Waals surface area contributed by atoms with Crippen LogP contribution >= 0.6 is 15.9 Å². The van der Waals surface area contributed by atoms with E-state index in [1.807, 2.05) is 24.3 Å². The van der Waals surface area contributed by atoms with Crippen molar-refractivity contribution in [3.63, 3.8) is 0 Å². The molecule has 3 aromatic rings. The van der Waals surface area contributed by atoms with E-state index >= 15 is 0 Å². The molecule has 7 nitrogen and oxygen atoms in total. The van der Waals surface area contributed by atoms with Crippen molar-refractivity contribution in [2.45, 2.75) is 37.8 Å². The first-order chi connectivity index (χ1) is 12.6. The van der Waals surface area contributed by atoms with Crippen LogP contribution in [-0.4, -0.2) is 43.9 Å². The Morgan fingerprint density at radius 3 is 2.81 bits per heavy atom. The van der Waals surface area contributed by atoms with E-state index in [4.69, 9.17) is 4.74 Å². The van der Waals surface area contributed by atoms with Gasteiger partial charge in [0.05, 0.1) is 18.9 Å². The fourth-order valence-corrected chi connectivity index (χ4v) is 3.72. The number of aromatic nitrogens is 4. The molecule has 1 aliphatic rings. The second-order valence-corrected chi connectivity index (χ2v) is 7.41. The minimum absolute atomic E-state index is 0.182. The molecule has 136 valence electrons. The topological polar surface area (TPSA) is 84.6 Å². The molecule has 8 heteroatoms. The molecule has 2 heterocycles. The number of benzene rings is 1. The number of ether oxygens (including phenoxy) is 1. The molecule has 0 spiro atoms. The molecule has 1 saturated carbocycles.